The van der Waals surface area contributed by atoms with Crippen LogP contribution in [-0.4, -0.2) is 32.4 Å². The van der Waals surface area contributed by atoms with E-state index in [2.05, 4.69) is 15.7 Å². The second-order valence-electron chi connectivity index (χ2n) is 9.68. The third-order valence-corrected chi connectivity index (χ3v) is 6.66. The molecule has 0 radical (unpaired) electrons. The van der Waals surface area contributed by atoms with Gasteiger partial charge in [-0.25, -0.2) is 9.07 Å². The van der Waals surface area contributed by atoms with Gasteiger partial charge in [0.1, 0.15) is 23.0 Å². The minimum absolute atomic E-state index is 0.00472. The average molecular weight is 516 g/mol. The van der Waals surface area contributed by atoms with Crippen molar-refractivity contribution in [3.8, 4) is 17.2 Å². The van der Waals surface area contributed by atoms with Crippen molar-refractivity contribution in [2.24, 2.45) is 11.7 Å². The highest BCUT2D eigenvalue weighted by molar-refractivity contribution is 6.03. The van der Waals surface area contributed by atoms with Crippen LogP contribution in [0.15, 0.2) is 66.7 Å². The van der Waals surface area contributed by atoms with Crippen molar-refractivity contribution in [3.63, 3.8) is 0 Å². The Balaban J connectivity index is 1.46. The van der Waals surface area contributed by atoms with E-state index in [1.165, 1.54) is 28.9 Å². The molecule has 1 aliphatic rings. The van der Waals surface area contributed by atoms with Gasteiger partial charge in [-0.1, -0.05) is 18.2 Å². The zero-order chi connectivity index (χ0) is 26.8. The van der Waals surface area contributed by atoms with E-state index in [0.29, 0.717) is 41.5 Å². The highest BCUT2D eigenvalue weighted by Gasteiger charge is 2.26. The number of aryl methyl sites for hydroxylation is 1. The lowest BCUT2D eigenvalue weighted by atomic mass is 9.96. The lowest BCUT2D eigenvalue weighted by molar-refractivity contribution is 0.101. The SMILES string of the molecule is Cc1cc(C(=O)Nc2cc(C(NCC3CC3)c3cc(O)ccc3O)ccc2F)n(-c2cccc(CN)c2)n1. The fourth-order valence-corrected chi connectivity index (χ4v) is 4.46. The van der Waals surface area contributed by atoms with E-state index >= 15 is 0 Å². The largest absolute Gasteiger partial charge is 0.508 e. The lowest BCUT2D eigenvalue weighted by Gasteiger charge is -2.22. The van der Waals surface area contributed by atoms with Crippen molar-refractivity contribution in [2.45, 2.75) is 32.4 Å². The van der Waals surface area contributed by atoms with Crippen LogP contribution in [0.3, 0.4) is 0 Å². The molecule has 9 heteroatoms. The van der Waals surface area contributed by atoms with Crippen molar-refractivity contribution >= 4 is 11.6 Å². The Morgan fingerprint density at radius 2 is 1.95 bits per heavy atom. The second-order valence-corrected chi connectivity index (χ2v) is 9.68. The Hall–Kier alpha value is -4.21. The molecule has 1 amide bonds. The first-order valence-corrected chi connectivity index (χ1v) is 12.5. The van der Waals surface area contributed by atoms with E-state index in [0.717, 1.165) is 18.4 Å². The van der Waals surface area contributed by atoms with Crippen LogP contribution in [-0.2, 0) is 6.54 Å². The summed E-state index contributed by atoms with van der Waals surface area (Å²) in [6.07, 6.45) is 2.25. The number of nitrogens with two attached hydrogens (primary N) is 1. The summed E-state index contributed by atoms with van der Waals surface area (Å²) >= 11 is 0. The van der Waals surface area contributed by atoms with Gasteiger partial charge in [-0.05, 0) is 91.9 Å². The summed E-state index contributed by atoms with van der Waals surface area (Å²) in [7, 11) is 0. The Kier molecular flexibility index (Phi) is 7.13. The van der Waals surface area contributed by atoms with Gasteiger partial charge in [0.2, 0.25) is 0 Å². The normalized spacial score (nSPS) is 13.9. The number of carbonyl (C=O) groups excluding carboxylic acids is 1. The number of anilines is 1. The minimum atomic E-state index is -0.601. The maximum absolute atomic E-state index is 14.9. The van der Waals surface area contributed by atoms with Crippen molar-refractivity contribution in [1.29, 1.82) is 0 Å². The first-order valence-electron chi connectivity index (χ1n) is 12.5. The Labute approximate surface area is 219 Å². The zero-order valence-corrected chi connectivity index (χ0v) is 21.0. The quantitative estimate of drug-likeness (QED) is 0.209. The summed E-state index contributed by atoms with van der Waals surface area (Å²) in [4.78, 5) is 13.3. The zero-order valence-electron chi connectivity index (χ0n) is 21.0. The number of nitrogens with zero attached hydrogens (tertiary/aromatic N) is 2. The number of amides is 1. The van der Waals surface area contributed by atoms with Crippen LogP contribution in [0.4, 0.5) is 10.1 Å². The second kappa shape index (κ2) is 10.6. The molecule has 1 saturated carbocycles. The fraction of sp³-hybridized carbons (Fsp3) is 0.241. The molecule has 1 fully saturated rings. The molecule has 5 rings (SSSR count). The molecule has 1 unspecified atom stereocenters. The van der Waals surface area contributed by atoms with Crippen LogP contribution in [0.5, 0.6) is 11.5 Å². The van der Waals surface area contributed by atoms with E-state index in [4.69, 9.17) is 5.73 Å². The minimum Gasteiger partial charge on any atom is -0.508 e. The number of benzene rings is 3. The number of aromatic nitrogens is 2. The monoisotopic (exact) mass is 515 g/mol. The van der Waals surface area contributed by atoms with Gasteiger partial charge in [-0.2, -0.15) is 5.10 Å². The molecule has 196 valence electrons. The van der Waals surface area contributed by atoms with Gasteiger partial charge in [-0.15, -0.1) is 0 Å². The molecular formula is C29H30FN5O3. The molecule has 1 atom stereocenters. The molecule has 0 spiro atoms. The van der Waals surface area contributed by atoms with Gasteiger partial charge in [0.05, 0.1) is 23.1 Å². The Bertz CT molecular complexity index is 1480. The van der Waals surface area contributed by atoms with Crippen LogP contribution in [0, 0.1) is 18.7 Å². The van der Waals surface area contributed by atoms with E-state index in [-0.39, 0.29) is 22.9 Å². The van der Waals surface area contributed by atoms with Crippen molar-refractivity contribution < 1.29 is 19.4 Å². The molecule has 0 saturated heterocycles. The molecule has 0 bridgehead atoms. The molecule has 1 aromatic heterocycles. The number of rotatable bonds is 9. The predicted octanol–water partition coefficient (Wildman–Crippen LogP) is 4.53. The number of halogens is 1. The maximum Gasteiger partial charge on any atom is 0.274 e. The van der Waals surface area contributed by atoms with E-state index in [1.807, 2.05) is 24.3 Å². The van der Waals surface area contributed by atoms with Gasteiger partial charge in [0, 0.05) is 12.1 Å². The van der Waals surface area contributed by atoms with Crippen LogP contribution in [0.25, 0.3) is 5.69 Å². The summed E-state index contributed by atoms with van der Waals surface area (Å²) in [6.45, 7) is 2.83. The summed E-state index contributed by atoms with van der Waals surface area (Å²) in [6, 6.07) is 17.3. The van der Waals surface area contributed by atoms with Gasteiger partial charge in [0.25, 0.3) is 5.91 Å². The van der Waals surface area contributed by atoms with Gasteiger partial charge in [0.15, 0.2) is 0 Å². The van der Waals surface area contributed by atoms with Crippen LogP contribution < -0.4 is 16.4 Å². The summed E-state index contributed by atoms with van der Waals surface area (Å²) < 4.78 is 16.5. The summed E-state index contributed by atoms with van der Waals surface area (Å²) in [5, 5.41) is 31.2. The van der Waals surface area contributed by atoms with Gasteiger partial charge >= 0.3 is 0 Å². The number of phenols is 2. The van der Waals surface area contributed by atoms with E-state index in [1.54, 1.807) is 25.1 Å². The molecule has 38 heavy (non-hydrogen) atoms. The molecule has 0 aliphatic heterocycles. The van der Waals surface area contributed by atoms with Gasteiger partial charge < -0.3 is 26.6 Å². The Morgan fingerprint density at radius 3 is 2.71 bits per heavy atom. The maximum atomic E-state index is 14.9. The highest BCUT2D eigenvalue weighted by atomic mass is 19.1. The smallest absolute Gasteiger partial charge is 0.274 e. The third-order valence-electron chi connectivity index (χ3n) is 6.66. The van der Waals surface area contributed by atoms with Gasteiger partial charge in [-0.3, -0.25) is 4.79 Å². The van der Waals surface area contributed by atoms with Crippen molar-refractivity contribution in [1.82, 2.24) is 15.1 Å². The number of carbonyl (C=O) groups is 1. The first-order chi connectivity index (χ1) is 18.3. The standard InChI is InChI=1S/C29H30FN5O3/c1-17-11-26(35(34-17)21-4-2-3-19(12-21)15-31)29(38)33-25-13-20(7-9-24(25)30)28(32-16-18-5-6-18)23-14-22(36)8-10-27(23)37/h2-4,7-14,18,28,32,36-37H,5-6,15-16,31H2,1H3,(H,33,38). The first kappa shape index (κ1) is 25.4. The van der Waals surface area contributed by atoms with E-state index in [9.17, 15) is 19.4 Å². The fourth-order valence-electron chi connectivity index (χ4n) is 4.46. The van der Waals surface area contributed by atoms with Crippen LogP contribution >= 0.6 is 0 Å². The molecular weight excluding hydrogens is 485 g/mol. The van der Waals surface area contributed by atoms with Crippen LogP contribution in [0.1, 0.15) is 51.8 Å². The number of hydrogen-bond donors (Lipinski definition) is 5. The topological polar surface area (TPSA) is 125 Å². The number of nitrogens with one attached hydrogen (secondary N) is 2. The lowest BCUT2D eigenvalue weighted by Crippen LogP contribution is -2.25. The Morgan fingerprint density at radius 1 is 1.13 bits per heavy atom. The highest BCUT2D eigenvalue weighted by Crippen LogP contribution is 2.35. The number of hydrogen-bond acceptors (Lipinski definition) is 6. The molecule has 1 aliphatic carbocycles. The number of aromatic hydroxyl groups is 2. The molecule has 4 aromatic rings. The van der Waals surface area contributed by atoms with Crippen molar-refractivity contribution in [3.05, 3.63) is 101 Å². The predicted molar refractivity (Wildman–Crippen MR) is 143 cm³/mol. The molecule has 6 N–H and O–H groups in total. The summed E-state index contributed by atoms with van der Waals surface area (Å²) in [5.74, 6) is -0.574. The summed E-state index contributed by atoms with van der Waals surface area (Å²) in [5.41, 5.74) is 9.29. The molecule has 1 heterocycles. The molecule has 3 aromatic carbocycles. The average Bonchev–Trinajstić information content (AvgIpc) is 3.66. The van der Waals surface area contributed by atoms with E-state index < -0.39 is 17.8 Å². The van der Waals surface area contributed by atoms with Crippen LogP contribution in [0.2, 0.25) is 0 Å². The molecule has 8 nitrogen and oxygen atoms in total. The number of phenolic OH excluding ortho intramolecular Hbond substituents is 2. The van der Waals surface area contributed by atoms with Crippen molar-refractivity contribution in [2.75, 3.05) is 11.9 Å². The third kappa shape index (κ3) is 5.53.